The van der Waals surface area contributed by atoms with Crippen molar-refractivity contribution in [2.75, 3.05) is 31.1 Å². The van der Waals surface area contributed by atoms with Crippen LogP contribution < -0.4 is 10.0 Å². The van der Waals surface area contributed by atoms with Gasteiger partial charge in [0.05, 0.1) is 10.5 Å². The number of primary sulfonamides is 1. The summed E-state index contributed by atoms with van der Waals surface area (Å²) in [5.74, 6) is 0.851. The van der Waals surface area contributed by atoms with Crippen LogP contribution in [-0.4, -0.2) is 44.5 Å². The molecule has 1 aliphatic heterocycles. The lowest BCUT2D eigenvalue weighted by Gasteiger charge is -2.35. The Morgan fingerprint density at radius 3 is 2.44 bits per heavy atom. The maximum atomic E-state index is 11.7. The summed E-state index contributed by atoms with van der Waals surface area (Å²) in [4.78, 5) is 8.86. The molecule has 0 radical (unpaired) electrons. The highest BCUT2D eigenvalue weighted by atomic mass is 32.2. The Kier molecular flexibility index (Phi) is 4.99. The molecule has 7 nitrogen and oxygen atoms in total. The van der Waals surface area contributed by atoms with E-state index in [4.69, 9.17) is 10.4 Å². The lowest BCUT2D eigenvalue weighted by molar-refractivity contribution is 0.247. The molecular weight excluding hydrogens is 338 g/mol. The van der Waals surface area contributed by atoms with E-state index in [0.29, 0.717) is 12.1 Å². The van der Waals surface area contributed by atoms with Crippen LogP contribution in [0.5, 0.6) is 0 Å². The summed E-state index contributed by atoms with van der Waals surface area (Å²) in [6.45, 7) is 3.70. The van der Waals surface area contributed by atoms with E-state index in [1.807, 2.05) is 12.1 Å². The van der Waals surface area contributed by atoms with Crippen LogP contribution in [0.2, 0.25) is 0 Å². The first-order valence-corrected chi connectivity index (χ1v) is 9.46. The third-order valence-electron chi connectivity index (χ3n) is 4.25. The van der Waals surface area contributed by atoms with Gasteiger partial charge in [-0.05, 0) is 23.8 Å². The molecular formula is C17H19N5O2S. The molecule has 2 heterocycles. The van der Waals surface area contributed by atoms with E-state index in [1.165, 1.54) is 0 Å². The third kappa shape index (κ3) is 4.14. The summed E-state index contributed by atoms with van der Waals surface area (Å²) in [5, 5.41) is 14.1. The third-order valence-corrected chi connectivity index (χ3v) is 5.26. The van der Waals surface area contributed by atoms with E-state index in [9.17, 15) is 8.42 Å². The van der Waals surface area contributed by atoms with Crippen LogP contribution in [0.1, 0.15) is 11.1 Å². The van der Waals surface area contributed by atoms with Gasteiger partial charge in [-0.2, -0.15) is 5.26 Å². The summed E-state index contributed by atoms with van der Waals surface area (Å²) in [5.41, 5.74) is 1.26. The van der Waals surface area contributed by atoms with Crippen molar-refractivity contribution in [1.29, 1.82) is 5.26 Å². The minimum atomic E-state index is -3.72. The van der Waals surface area contributed by atoms with Crippen molar-refractivity contribution in [2.24, 2.45) is 5.14 Å². The number of sulfonamides is 1. The number of aromatic nitrogens is 1. The number of nitrogens with two attached hydrogens (primary N) is 1. The van der Waals surface area contributed by atoms with E-state index in [0.717, 1.165) is 37.6 Å². The molecule has 0 amide bonds. The van der Waals surface area contributed by atoms with Crippen LogP contribution in [0.3, 0.4) is 0 Å². The minimum absolute atomic E-state index is 0.186. The number of benzene rings is 1. The van der Waals surface area contributed by atoms with Crippen molar-refractivity contribution in [1.82, 2.24) is 9.88 Å². The smallest absolute Gasteiger partial charge is 0.238 e. The number of hydrogen-bond donors (Lipinski definition) is 1. The Morgan fingerprint density at radius 2 is 1.84 bits per heavy atom. The zero-order valence-electron chi connectivity index (χ0n) is 13.7. The van der Waals surface area contributed by atoms with Gasteiger partial charge in [0.2, 0.25) is 10.0 Å². The topological polar surface area (TPSA) is 103 Å². The lowest BCUT2D eigenvalue weighted by atomic mass is 10.2. The Bertz CT molecular complexity index is 882. The van der Waals surface area contributed by atoms with E-state index in [1.54, 1.807) is 30.5 Å². The molecule has 0 bridgehead atoms. The summed E-state index contributed by atoms with van der Waals surface area (Å²) in [6.07, 6.45) is 1.57. The number of piperazine rings is 1. The molecule has 3 rings (SSSR count). The molecule has 1 saturated heterocycles. The van der Waals surface area contributed by atoms with Gasteiger partial charge in [0, 0.05) is 38.9 Å². The molecule has 0 spiro atoms. The first-order chi connectivity index (χ1) is 12.0. The number of hydrogen-bond acceptors (Lipinski definition) is 6. The molecule has 130 valence electrons. The quantitative estimate of drug-likeness (QED) is 0.873. The molecule has 0 aliphatic carbocycles. The predicted molar refractivity (Wildman–Crippen MR) is 94.3 cm³/mol. The number of nitriles is 1. The fraction of sp³-hybridized carbons (Fsp3) is 0.294. The van der Waals surface area contributed by atoms with E-state index >= 15 is 0 Å². The van der Waals surface area contributed by atoms with Crippen LogP contribution in [0.25, 0.3) is 0 Å². The van der Waals surface area contributed by atoms with Gasteiger partial charge in [0.25, 0.3) is 0 Å². The largest absolute Gasteiger partial charge is 0.354 e. The number of pyridine rings is 1. The second-order valence-corrected chi connectivity index (χ2v) is 7.46. The van der Waals surface area contributed by atoms with E-state index in [-0.39, 0.29) is 4.90 Å². The van der Waals surface area contributed by atoms with Crippen molar-refractivity contribution < 1.29 is 8.42 Å². The second-order valence-electron chi connectivity index (χ2n) is 5.93. The molecule has 1 fully saturated rings. The molecule has 25 heavy (non-hydrogen) atoms. The summed E-state index contributed by atoms with van der Waals surface area (Å²) in [7, 11) is -3.72. The molecule has 1 aromatic heterocycles. The highest BCUT2D eigenvalue weighted by molar-refractivity contribution is 7.89. The fourth-order valence-electron chi connectivity index (χ4n) is 2.93. The molecule has 0 unspecified atom stereocenters. The molecule has 2 N–H and O–H groups in total. The van der Waals surface area contributed by atoms with Gasteiger partial charge < -0.3 is 4.90 Å². The van der Waals surface area contributed by atoms with E-state index in [2.05, 4.69) is 20.9 Å². The summed E-state index contributed by atoms with van der Waals surface area (Å²) in [6, 6.07) is 12.5. The number of rotatable bonds is 4. The van der Waals surface area contributed by atoms with Gasteiger partial charge in [-0.15, -0.1) is 0 Å². The lowest BCUT2D eigenvalue weighted by Crippen LogP contribution is -2.46. The van der Waals surface area contributed by atoms with Gasteiger partial charge >= 0.3 is 0 Å². The average Bonchev–Trinajstić information content (AvgIpc) is 2.62. The SMILES string of the molecule is N#Cc1ccc(N2CCN(Cc3ccccc3S(N)(=O)=O)CC2)nc1. The van der Waals surface area contributed by atoms with Crippen LogP contribution in [0.4, 0.5) is 5.82 Å². The maximum Gasteiger partial charge on any atom is 0.238 e. The van der Waals surface area contributed by atoms with Gasteiger partial charge in [-0.1, -0.05) is 18.2 Å². The Hall–Kier alpha value is -2.47. The van der Waals surface area contributed by atoms with Crippen molar-refractivity contribution in [3.8, 4) is 6.07 Å². The zero-order chi connectivity index (χ0) is 17.9. The minimum Gasteiger partial charge on any atom is -0.354 e. The van der Waals surface area contributed by atoms with Crippen molar-refractivity contribution >= 4 is 15.8 Å². The van der Waals surface area contributed by atoms with Crippen LogP contribution in [-0.2, 0) is 16.6 Å². The van der Waals surface area contributed by atoms with Gasteiger partial charge in [0.15, 0.2) is 0 Å². The van der Waals surface area contributed by atoms with Crippen molar-refractivity contribution in [3.05, 3.63) is 53.7 Å². The second kappa shape index (κ2) is 7.19. The van der Waals surface area contributed by atoms with Crippen LogP contribution >= 0.6 is 0 Å². The molecule has 2 aromatic rings. The molecule has 0 saturated carbocycles. The molecule has 1 aliphatic rings. The molecule has 1 aromatic carbocycles. The highest BCUT2D eigenvalue weighted by Gasteiger charge is 2.20. The number of anilines is 1. The Balaban J connectivity index is 1.64. The number of nitrogens with zero attached hydrogens (tertiary/aromatic N) is 4. The van der Waals surface area contributed by atoms with Crippen molar-refractivity contribution in [3.63, 3.8) is 0 Å². The fourth-order valence-corrected chi connectivity index (χ4v) is 3.69. The maximum absolute atomic E-state index is 11.7. The highest BCUT2D eigenvalue weighted by Crippen LogP contribution is 2.19. The van der Waals surface area contributed by atoms with Crippen molar-refractivity contribution in [2.45, 2.75) is 11.4 Å². The normalized spacial score (nSPS) is 15.8. The van der Waals surface area contributed by atoms with Crippen LogP contribution in [0.15, 0.2) is 47.5 Å². The first kappa shape index (κ1) is 17.4. The molecule has 8 heteroatoms. The Labute approximate surface area is 147 Å². The summed E-state index contributed by atoms with van der Waals surface area (Å²) < 4.78 is 23.4. The van der Waals surface area contributed by atoms with E-state index < -0.39 is 10.0 Å². The Morgan fingerprint density at radius 1 is 1.12 bits per heavy atom. The van der Waals surface area contributed by atoms with Gasteiger partial charge in [0.1, 0.15) is 11.9 Å². The van der Waals surface area contributed by atoms with Crippen LogP contribution in [0, 0.1) is 11.3 Å². The summed E-state index contributed by atoms with van der Waals surface area (Å²) >= 11 is 0. The standard InChI is InChI=1S/C17H19N5O2S/c18-11-14-5-6-17(20-12-14)22-9-7-21(8-10-22)13-15-3-1-2-4-16(15)25(19,23)24/h1-6,12H,7-10,13H2,(H2,19,23,24). The zero-order valence-corrected chi connectivity index (χ0v) is 14.5. The monoisotopic (exact) mass is 357 g/mol. The molecule has 0 atom stereocenters. The average molecular weight is 357 g/mol. The van der Waals surface area contributed by atoms with Gasteiger partial charge in [-0.25, -0.2) is 18.5 Å². The predicted octanol–water partition coefficient (Wildman–Crippen LogP) is 0.923. The first-order valence-electron chi connectivity index (χ1n) is 7.91. The van der Waals surface area contributed by atoms with Gasteiger partial charge in [-0.3, -0.25) is 4.90 Å².